The fraction of sp³-hybridized carbons (Fsp3) is 0.800. The summed E-state index contributed by atoms with van der Waals surface area (Å²) >= 11 is 0. The van der Waals surface area contributed by atoms with E-state index in [2.05, 4.69) is 11.5 Å². The van der Waals surface area contributed by atoms with Gasteiger partial charge in [0, 0.05) is 13.1 Å². The van der Waals surface area contributed by atoms with Crippen molar-refractivity contribution >= 4 is 0 Å². The molecule has 1 unspecified atom stereocenters. The maximum atomic E-state index is 9.39. The Labute approximate surface area is 74.9 Å². The van der Waals surface area contributed by atoms with Crippen LogP contribution in [0.15, 0.2) is 12.7 Å². The number of aliphatic hydroxyl groups is 1. The van der Waals surface area contributed by atoms with Gasteiger partial charge in [-0.3, -0.25) is 0 Å². The third-order valence-electron chi connectivity index (χ3n) is 2.44. The summed E-state index contributed by atoms with van der Waals surface area (Å²) in [4.78, 5) is 2.41. The lowest BCUT2D eigenvalue weighted by molar-refractivity contribution is 0.155. The van der Waals surface area contributed by atoms with Crippen LogP contribution in [0.1, 0.15) is 25.7 Å². The Bertz CT molecular complexity index is 136. The van der Waals surface area contributed by atoms with Crippen molar-refractivity contribution in [2.24, 2.45) is 0 Å². The Morgan fingerprint density at radius 1 is 1.42 bits per heavy atom. The van der Waals surface area contributed by atoms with Crippen LogP contribution >= 0.6 is 0 Å². The summed E-state index contributed by atoms with van der Waals surface area (Å²) in [5.74, 6) is 0. The van der Waals surface area contributed by atoms with Crippen molar-refractivity contribution in [1.82, 2.24) is 4.90 Å². The normalized spacial score (nSPS) is 26.6. The summed E-state index contributed by atoms with van der Waals surface area (Å²) in [5.41, 5.74) is 0. The lowest BCUT2D eigenvalue weighted by Crippen LogP contribution is -2.25. The molecule has 2 heteroatoms. The van der Waals surface area contributed by atoms with Gasteiger partial charge in [-0.2, -0.15) is 0 Å². The highest BCUT2D eigenvalue weighted by atomic mass is 16.3. The van der Waals surface area contributed by atoms with Gasteiger partial charge in [0.25, 0.3) is 0 Å². The minimum atomic E-state index is -0.0567. The predicted molar refractivity (Wildman–Crippen MR) is 51.1 cm³/mol. The van der Waals surface area contributed by atoms with Crippen LogP contribution in [0.2, 0.25) is 0 Å². The van der Waals surface area contributed by atoms with Crippen LogP contribution in [-0.2, 0) is 0 Å². The molecule has 0 bridgehead atoms. The summed E-state index contributed by atoms with van der Waals surface area (Å²) in [6, 6.07) is 0. The van der Waals surface area contributed by atoms with E-state index >= 15 is 0 Å². The molecule has 0 aliphatic carbocycles. The second-order valence-electron chi connectivity index (χ2n) is 3.50. The monoisotopic (exact) mass is 169 g/mol. The second kappa shape index (κ2) is 5.33. The molecule has 0 amide bonds. The van der Waals surface area contributed by atoms with Gasteiger partial charge in [0.05, 0.1) is 6.10 Å². The molecule has 1 aliphatic rings. The van der Waals surface area contributed by atoms with E-state index < -0.39 is 0 Å². The predicted octanol–water partition coefficient (Wildman–Crippen LogP) is 1.41. The van der Waals surface area contributed by atoms with E-state index in [1.165, 1.54) is 0 Å². The molecule has 0 radical (unpaired) electrons. The second-order valence-corrected chi connectivity index (χ2v) is 3.50. The fourth-order valence-corrected chi connectivity index (χ4v) is 1.64. The molecule has 1 N–H and O–H groups in total. The van der Waals surface area contributed by atoms with Gasteiger partial charge in [0.15, 0.2) is 0 Å². The number of hydrogen-bond donors (Lipinski definition) is 1. The Balaban J connectivity index is 2.21. The Kier molecular flexibility index (Phi) is 4.33. The van der Waals surface area contributed by atoms with Crippen LogP contribution in [0.25, 0.3) is 0 Å². The van der Waals surface area contributed by atoms with Gasteiger partial charge in [-0.25, -0.2) is 0 Å². The highest BCUT2D eigenvalue weighted by Crippen LogP contribution is 2.10. The molecule has 1 heterocycles. The summed E-state index contributed by atoms with van der Waals surface area (Å²) in [6.45, 7) is 7.01. The zero-order valence-corrected chi connectivity index (χ0v) is 7.71. The molecule has 0 spiro atoms. The SMILES string of the molecule is C=CCCN1CCCC(O)CC1. The smallest absolute Gasteiger partial charge is 0.0553 e. The van der Waals surface area contributed by atoms with Crippen molar-refractivity contribution in [2.45, 2.75) is 31.8 Å². The molecule has 1 fully saturated rings. The molecule has 0 aromatic rings. The number of nitrogens with zero attached hydrogens (tertiary/aromatic N) is 1. The molecular weight excluding hydrogens is 150 g/mol. The Morgan fingerprint density at radius 2 is 2.25 bits per heavy atom. The highest BCUT2D eigenvalue weighted by Gasteiger charge is 2.13. The van der Waals surface area contributed by atoms with Crippen LogP contribution < -0.4 is 0 Å². The van der Waals surface area contributed by atoms with Crippen LogP contribution in [0.5, 0.6) is 0 Å². The Morgan fingerprint density at radius 3 is 3.00 bits per heavy atom. The van der Waals surface area contributed by atoms with Gasteiger partial charge in [-0.05, 0) is 32.2 Å². The van der Waals surface area contributed by atoms with Crippen molar-refractivity contribution < 1.29 is 5.11 Å². The average molecular weight is 169 g/mol. The lowest BCUT2D eigenvalue weighted by atomic mass is 10.2. The van der Waals surface area contributed by atoms with E-state index in [1.807, 2.05) is 6.08 Å². The molecule has 1 atom stereocenters. The van der Waals surface area contributed by atoms with Crippen molar-refractivity contribution in [3.63, 3.8) is 0 Å². The number of aliphatic hydroxyl groups excluding tert-OH is 1. The van der Waals surface area contributed by atoms with Crippen molar-refractivity contribution in [3.8, 4) is 0 Å². The van der Waals surface area contributed by atoms with E-state index in [0.717, 1.165) is 45.3 Å². The average Bonchev–Trinajstić information content (AvgIpc) is 2.27. The zero-order chi connectivity index (χ0) is 8.81. The molecular formula is C10H19NO. The maximum Gasteiger partial charge on any atom is 0.0553 e. The maximum absolute atomic E-state index is 9.39. The molecule has 1 rings (SSSR count). The van der Waals surface area contributed by atoms with E-state index in [-0.39, 0.29) is 6.10 Å². The molecule has 0 aromatic carbocycles. The zero-order valence-electron chi connectivity index (χ0n) is 7.71. The van der Waals surface area contributed by atoms with E-state index in [1.54, 1.807) is 0 Å². The largest absolute Gasteiger partial charge is 0.393 e. The van der Waals surface area contributed by atoms with E-state index in [4.69, 9.17) is 0 Å². The first kappa shape index (κ1) is 9.75. The molecule has 0 aromatic heterocycles. The standard InChI is InChI=1S/C10H19NO/c1-2-3-7-11-8-4-5-10(12)6-9-11/h2,10,12H,1,3-9H2. The van der Waals surface area contributed by atoms with Crippen molar-refractivity contribution in [3.05, 3.63) is 12.7 Å². The van der Waals surface area contributed by atoms with Crippen molar-refractivity contribution in [2.75, 3.05) is 19.6 Å². The summed E-state index contributed by atoms with van der Waals surface area (Å²) < 4.78 is 0. The third-order valence-corrected chi connectivity index (χ3v) is 2.44. The van der Waals surface area contributed by atoms with Gasteiger partial charge >= 0.3 is 0 Å². The first-order valence-corrected chi connectivity index (χ1v) is 4.84. The number of rotatable bonds is 3. The van der Waals surface area contributed by atoms with Gasteiger partial charge < -0.3 is 10.0 Å². The lowest BCUT2D eigenvalue weighted by Gasteiger charge is -2.18. The van der Waals surface area contributed by atoms with Crippen LogP contribution in [0.3, 0.4) is 0 Å². The number of likely N-dealkylation sites (tertiary alicyclic amines) is 1. The molecule has 12 heavy (non-hydrogen) atoms. The van der Waals surface area contributed by atoms with Gasteiger partial charge in [0.1, 0.15) is 0 Å². The summed E-state index contributed by atoms with van der Waals surface area (Å²) in [5, 5.41) is 9.39. The molecule has 70 valence electrons. The van der Waals surface area contributed by atoms with E-state index in [0.29, 0.717) is 0 Å². The topological polar surface area (TPSA) is 23.5 Å². The molecule has 0 saturated carbocycles. The van der Waals surface area contributed by atoms with Crippen molar-refractivity contribution in [1.29, 1.82) is 0 Å². The minimum Gasteiger partial charge on any atom is -0.393 e. The molecule has 2 nitrogen and oxygen atoms in total. The van der Waals surface area contributed by atoms with E-state index in [9.17, 15) is 5.11 Å². The van der Waals surface area contributed by atoms with Crippen LogP contribution in [-0.4, -0.2) is 35.7 Å². The number of hydrogen-bond acceptors (Lipinski definition) is 2. The Hall–Kier alpha value is -0.340. The molecule has 1 saturated heterocycles. The first-order chi connectivity index (χ1) is 5.83. The van der Waals surface area contributed by atoms with Crippen LogP contribution in [0, 0.1) is 0 Å². The van der Waals surface area contributed by atoms with Gasteiger partial charge in [-0.1, -0.05) is 6.08 Å². The first-order valence-electron chi connectivity index (χ1n) is 4.84. The molecule has 1 aliphatic heterocycles. The quantitative estimate of drug-likeness (QED) is 0.646. The third kappa shape index (κ3) is 3.37. The van der Waals surface area contributed by atoms with Gasteiger partial charge in [0.2, 0.25) is 0 Å². The minimum absolute atomic E-state index is 0.0567. The highest BCUT2D eigenvalue weighted by molar-refractivity contribution is 4.73. The van der Waals surface area contributed by atoms with Gasteiger partial charge in [-0.15, -0.1) is 6.58 Å². The summed E-state index contributed by atoms with van der Waals surface area (Å²) in [6.07, 6.45) is 6.02. The summed E-state index contributed by atoms with van der Waals surface area (Å²) in [7, 11) is 0. The van der Waals surface area contributed by atoms with Crippen LogP contribution in [0.4, 0.5) is 0 Å². The fourth-order valence-electron chi connectivity index (χ4n) is 1.64.